The SMILES string of the molecule is CCC(CC(C)O[SiH3])P([Si](CC)(CC)CC)[Si](CC)(CC)CC. The highest BCUT2D eigenvalue weighted by Crippen LogP contribution is 2.67. The molecule has 2 atom stereocenters. The van der Waals surface area contributed by atoms with Gasteiger partial charge in [0.2, 0.25) is 0 Å². The van der Waals surface area contributed by atoms with Crippen molar-refractivity contribution >= 4 is 33.0 Å². The molecule has 1 nitrogen and oxygen atoms in total. The van der Waals surface area contributed by atoms with Gasteiger partial charge in [0.1, 0.15) is 10.5 Å². The lowest BCUT2D eigenvalue weighted by Gasteiger charge is -2.53. The third kappa shape index (κ3) is 5.51. The van der Waals surface area contributed by atoms with Gasteiger partial charge < -0.3 is 4.43 Å². The first-order valence-corrected chi connectivity index (χ1v) is 19.4. The molecular weight excluding hydrogens is 347 g/mol. The minimum absolute atomic E-state index is 0.255. The fraction of sp³-hybridized carbons (Fsp3) is 1.00. The van der Waals surface area contributed by atoms with Crippen LogP contribution in [0.15, 0.2) is 0 Å². The maximum absolute atomic E-state index is 5.84. The van der Waals surface area contributed by atoms with E-state index in [0.717, 1.165) is 16.1 Å². The van der Waals surface area contributed by atoms with Crippen molar-refractivity contribution in [2.45, 2.75) is 116 Å². The monoisotopic (exact) mass is 392 g/mol. The van der Waals surface area contributed by atoms with Crippen molar-refractivity contribution < 1.29 is 4.43 Å². The van der Waals surface area contributed by atoms with Gasteiger partial charge >= 0.3 is 0 Å². The van der Waals surface area contributed by atoms with Crippen molar-refractivity contribution in [3.05, 3.63) is 0 Å². The number of rotatable bonds is 13. The predicted molar refractivity (Wildman–Crippen MR) is 120 cm³/mol. The molecule has 0 saturated carbocycles. The zero-order chi connectivity index (χ0) is 18.1. The topological polar surface area (TPSA) is 9.23 Å². The summed E-state index contributed by atoms with van der Waals surface area (Å²) in [4.78, 5) is 0. The smallest absolute Gasteiger partial charge is 0.146 e. The van der Waals surface area contributed by atoms with Gasteiger partial charge in [-0.1, -0.05) is 84.7 Å². The zero-order valence-corrected chi connectivity index (χ0v) is 22.6. The van der Waals surface area contributed by atoms with Crippen LogP contribution in [0.5, 0.6) is 0 Å². The summed E-state index contributed by atoms with van der Waals surface area (Å²) in [6.07, 6.45) is 3.23. The Morgan fingerprint density at radius 3 is 1.35 bits per heavy atom. The summed E-state index contributed by atoms with van der Waals surface area (Å²) >= 11 is 0. The molecule has 2 unspecified atom stereocenters. The molecule has 0 aliphatic carbocycles. The Kier molecular flexibility index (Phi) is 12.1. The van der Waals surface area contributed by atoms with Gasteiger partial charge in [0.25, 0.3) is 0 Å². The van der Waals surface area contributed by atoms with Crippen molar-refractivity contribution in [3.63, 3.8) is 0 Å². The number of hydrogen-bond donors (Lipinski definition) is 0. The van der Waals surface area contributed by atoms with Gasteiger partial charge in [-0.15, -0.1) is 7.02 Å². The van der Waals surface area contributed by atoms with E-state index in [4.69, 9.17) is 4.43 Å². The van der Waals surface area contributed by atoms with Crippen LogP contribution in [0, 0.1) is 0 Å². The second-order valence-corrected chi connectivity index (χ2v) is 28.3. The van der Waals surface area contributed by atoms with Crippen molar-refractivity contribution in [1.29, 1.82) is 0 Å². The standard InChI is InChI=1S/C18H45OPSi3/c1-9-18(16-17(8)19-21)20(22(10-2,11-3)12-4)23(13-5,14-6)15-7/h17-18H,9-16H2,1-8,21H3. The molecule has 0 N–H and O–H groups in total. The third-order valence-electron chi connectivity index (χ3n) is 6.81. The molecule has 0 heterocycles. The molecule has 0 amide bonds. The van der Waals surface area contributed by atoms with E-state index in [1.165, 1.54) is 49.1 Å². The van der Waals surface area contributed by atoms with Crippen molar-refractivity contribution in [3.8, 4) is 0 Å². The van der Waals surface area contributed by atoms with Crippen molar-refractivity contribution in [2.24, 2.45) is 0 Å². The molecule has 0 aromatic heterocycles. The van der Waals surface area contributed by atoms with Crippen LogP contribution in [0.3, 0.4) is 0 Å². The summed E-state index contributed by atoms with van der Waals surface area (Å²) in [7, 11) is -1.11. The number of hydrogen-bond acceptors (Lipinski definition) is 1. The van der Waals surface area contributed by atoms with Crippen LogP contribution in [-0.2, 0) is 4.43 Å². The zero-order valence-electron chi connectivity index (χ0n) is 17.7. The van der Waals surface area contributed by atoms with E-state index in [1.807, 2.05) is 0 Å². The fourth-order valence-electron chi connectivity index (χ4n) is 4.73. The lowest BCUT2D eigenvalue weighted by molar-refractivity contribution is 0.229. The molecule has 0 rings (SSSR count). The molecule has 0 saturated heterocycles. The van der Waals surface area contributed by atoms with Crippen molar-refractivity contribution in [2.75, 3.05) is 0 Å². The Morgan fingerprint density at radius 2 is 1.13 bits per heavy atom. The highest BCUT2D eigenvalue weighted by molar-refractivity contribution is 8.19. The normalized spacial score (nSPS) is 16.0. The van der Waals surface area contributed by atoms with Gasteiger partial charge in [0, 0.05) is 6.10 Å². The summed E-state index contributed by atoms with van der Waals surface area (Å²) in [5, 5.41) is 0. The quantitative estimate of drug-likeness (QED) is 0.263. The lowest BCUT2D eigenvalue weighted by Crippen LogP contribution is -2.47. The van der Waals surface area contributed by atoms with E-state index in [1.54, 1.807) is 0 Å². The van der Waals surface area contributed by atoms with Crippen LogP contribution in [0.2, 0.25) is 36.3 Å². The molecular formula is C18H45OPSi3. The summed E-state index contributed by atoms with van der Waals surface area (Å²) in [5.74, 6) is 0. The molecule has 0 fully saturated rings. The fourth-order valence-corrected chi connectivity index (χ4v) is 46.5. The van der Waals surface area contributed by atoms with E-state index in [0.29, 0.717) is 6.10 Å². The average molecular weight is 393 g/mol. The minimum atomic E-state index is -1.13. The lowest BCUT2D eigenvalue weighted by atomic mass is 10.2. The summed E-state index contributed by atoms with van der Waals surface area (Å²) < 4.78 is 5.84. The van der Waals surface area contributed by atoms with Crippen LogP contribution in [-0.4, -0.2) is 37.7 Å². The molecule has 0 bridgehead atoms. The predicted octanol–water partition coefficient (Wildman–Crippen LogP) is 6.33. The van der Waals surface area contributed by atoms with E-state index in [2.05, 4.69) is 55.4 Å². The minimum Gasteiger partial charge on any atom is -0.425 e. The molecule has 140 valence electrons. The maximum Gasteiger partial charge on any atom is 0.146 e. The summed E-state index contributed by atoms with van der Waals surface area (Å²) in [5.41, 5.74) is 0.979. The Morgan fingerprint density at radius 1 is 0.783 bits per heavy atom. The van der Waals surface area contributed by atoms with Crippen LogP contribution in [0.25, 0.3) is 0 Å². The van der Waals surface area contributed by atoms with Gasteiger partial charge in [0.15, 0.2) is 0 Å². The Balaban J connectivity index is 6.04. The first kappa shape index (κ1) is 24.0. The third-order valence-corrected chi connectivity index (χ3v) is 41.4. The van der Waals surface area contributed by atoms with Crippen molar-refractivity contribution in [1.82, 2.24) is 0 Å². The highest BCUT2D eigenvalue weighted by Gasteiger charge is 2.50. The molecule has 0 aliphatic rings. The molecule has 0 aromatic carbocycles. The van der Waals surface area contributed by atoms with Crippen LogP contribution >= 0.6 is 7.02 Å². The van der Waals surface area contributed by atoms with Gasteiger partial charge in [-0.2, -0.15) is 0 Å². The van der Waals surface area contributed by atoms with E-state index >= 15 is 0 Å². The second-order valence-electron chi connectivity index (χ2n) is 7.28. The Labute approximate surface area is 153 Å². The van der Waals surface area contributed by atoms with Gasteiger partial charge in [-0.25, -0.2) is 0 Å². The first-order chi connectivity index (χ1) is 10.9. The molecule has 5 heteroatoms. The summed E-state index contributed by atoms with van der Waals surface area (Å²) in [6, 6.07) is 9.13. The van der Waals surface area contributed by atoms with E-state index < -0.39 is 15.5 Å². The molecule has 0 aromatic rings. The molecule has 0 radical (unpaired) electrons. The van der Waals surface area contributed by atoms with E-state index in [-0.39, 0.29) is 7.02 Å². The Hall–Kier alpha value is 1.04. The van der Waals surface area contributed by atoms with E-state index in [9.17, 15) is 0 Å². The first-order valence-electron chi connectivity index (χ1n) is 10.2. The second kappa shape index (κ2) is 11.6. The van der Waals surface area contributed by atoms with Gasteiger partial charge in [-0.05, 0) is 25.4 Å². The Bertz CT molecular complexity index is 270. The molecule has 23 heavy (non-hydrogen) atoms. The summed E-state index contributed by atoms with van der Waals surface area (Å²) in [6.45, 7) is 20.0. The highest BCUT2D eigenvalue weighted by atomic mass is 31.6. The maximum atomic E-state index is 5.84. The van der Waals surface area contributed by atoms with Gasteiger partial charge in [0.05, 0.1) is 15.5 Å². The van der Waals surface area contributed by atoms with Gasteiger partial charge in [-0.3, -0.25) is 0 Å². The van der Waals surface area contributed by atoms with Crippen LogP contribution in [0.4, 0.5) is 0 Å². The van der Waals surface area contributed by atoms with Crippen LogP contribution in [0.1, 0.15) is 68.2 Å². The largest absolute Gasteiger partial charge is 0.425 e. The molecule has 0 spiro atoms. The van der Waals surface area contributed by atoms with Crippen LogP contribution < -0.4 is 0 Å². The average Bonchev–Trinajstić information content (AvgIpc) is 2.61. The molecule has 0 aliphatic heterocycles.